The highest BCUT2D eigenvalue weighted by atomic mass is 32.1. The molecule has 1 fully saturated rings. The van der Waals surface area contributed by atoms with Crippen LogP contribution in [-0.2, 0) is 17.5 Å². The van der Waals surface area contributed by atoms with Crippen molar-refractivity contribution in [2.45, 2.75) is 26.6 Å². The summed E-state index contributed by atoms with van der Waals surface area (Å²) in [5.41, 5.74) is 3.07. The fraction of sp³-hybridized carbons (Fsp3) is 0.231. The van der Waals surface area contributed by atoms with Gasteiger partial charge < -0.3 is 18.9 Å². The summed E-state index contributed by atoms with van der Waals surface area (Å²) in [4.78, 5) is 16.5. The average molecular weight is 514 g/mol. The van der Waals surface area contributed by atoms with Crippen molar-refractivity contribution in [1.29, 1.82) is 0 Å². The van der Waals surface area contributed by atoms with E-state index >= 15 is 0 Å². The number of amides is 1. The number of fused-ring (bicyclic) bond motifs is 1. The van der Waals surface area contributed by atoms with Crippen LogP contribution in [0.1, 0.15) is 28.1 Å². The predicted molar refractivity (Wildman–Crippen MR) is 132 cm³/mol. The molecule has 0 spiro atoms. The Morgan fingerprint density at radius 1 is 1.06 bits per heavy atom. The molecule has 0 bridgehead atoms. The standard InChI is InChI=1S/C26H22F3N3O3S/c1-15-9-18(16(2)32(15)20-6-4-5-19(12-20)26(27,28)29)11-21-24(33)31(25(36)30(21)3)13-17-7-8-22-23(10-17)35-14-34-22/h4-12H,13-14H2,1-3H3. The van der Waals surface area contributed by atoms with Crippen molar-refractivity contribution in [3.05, 3.63) is 82.3 Å². The van der Waals surface area contributed by atoms with Crippen LogP contribution in [-0.4, -0.2) is 39.2 Å². The lowest BCUT2D eigenvalue weighted by Gasteiger charge is -2.16. The molecule has 0 unspecified atom stereocenters. The van der Waals surface area contributed by atoms with Crippen molar-refractivity contribution >= 4 is 29.3 Å². The number of aryl methyl sites for hydroxylation is 1. The van der Waals surface area contributed by atoms with Gasteiger partial charge in [-0.05, 0) is 79.7 Å². The summed E-state index contributed by atoms with van der Waals surface area (Å²) in [6.45, 7) is 4.04. The van der Waals surface area contributed by atoms with Crippen LogP contribution < -0.4 is 9.47 Å². The van der Waals surface area contributed by atoms with Gasteiger partial charge in [-0.1, -0.05) is 12.1 Å². The Kier molecular flexibility index (Phi) is 5.78. The highest BCUT2D eigenvalue weighted by molar-refractivity contribution is 7.80. The molecule has 1 saturated heterocycles. The molecule has 5 rings (SSSR count). The van der Waals surface area contributed by atoms with Crippen LogP contribution in [0, 0.1) is 13.8 Å². The number of benzene rings is 2. The second-order valence-electron chi connectivity index (χ2n) is 8.66. The van der Waals surface area contributed by atoms with Crippen LogP contribution in [0.3, 0.4) is 0 Å². The van der Waals surface area contributed by atoms with Crippen molar-refractivity contribution in [1.82, 2.24) is 14.4 Å². The van der Waals surface area contributed by atoms with Gasteiger partial charge >= 0.3 is 6.18 Å². The van der Waals surface area contributed by atoms with Crippen molar-refractivity contribution < 1.29 is 27.4 Å². The lowest BCUT2D eigenvalue weighted by Crippen LogP contribution is -2.30. The molecule has 10 heteroatoms. The molecule has 0 N–H and O–H groups in total. The molecule has 1 amide bonds. The molecule has 36 heavy (non-hydrogen) atoms. The third-order valence-electron chi connectivity index (χ3n) is 6.32. The molecule has 0 saturated carbocycles. The number of nitrogens with zero attached hydrogens (tertiary/aromatic N) is 3. The van der Waals surface area contributed by atoms with Gasteiger partial charge in [0.15, 0.2) is 16.6 Å². The van der Waals surface area contributed by atoms with Crippen molar-refractivity contribution in [2.24, 2.45) is 0 Å². The molecule has 2 aromatic carbocycles. The highest BCUT2D eigenvalue weighted by Crippen LogP contribution is 2.35. The molecular formula is C26H22F3N3O3S. The molecule has 186 valence electrons. The maximum absolute atomic E-state index is 13.3. The lowest BCUT2D eigenvalue weighted by atomic mass is 10.1. The zero-order chi connectivity index (χ0) is 25.8. The fourth-order valence-electron chi connectivity index (χ4n) is 4.47. The lowest BCUT2D eigenvalue weighted by molar-refractivity contribution is -0.137. The minimum atomic E-state index is -4.44. The third-order valence-corrected chi connectivity index (χ3v) is 6.81. The molecule has 0 radical (unpaired) electrons. The van der Waals surface area contributed by atoms with Gasteiger partial charge in [0, 0.05) is 24.1 Å². The first-order chi connectivity index (χ1) is 17.0. The van der Waals surface area contributed by atoms with E-state index in [1.54, 1.807) is 34.7 Å². The van der Waals surface area contributed by atoms with E-state index in [1.165, 1.54) is 11.0 Å². The Morgan fingerprint density at radius 2 is 1.81 bits per heavy atom. The molecule has 2 aliphatic heterocycles. The van der Waals surface area contributed by atoms with Crippen LogP contribution in [0.25, 0.3) is 11.8 Å². The normalized spacial score (nSPS) is 16.6. The summed E-state index contributed by atoms with van der Waals surface area (Å²) in [6, 6.07) is 12.5. The number of hydrogen-bond acceptors (Lipinski definition) is 4. The van der Waals surface area contributed by atoms with Crippen LogP contribution >= 0.6 is 12.2 Å². The Bertz CT molecular complexity index is 1430. The second kappa shape index (κ2) is 8.70. The molecule has 3 aromatic rings. The molecule has 1 aromatic heterocycles. The number of likely N-dealkylation sites (N-methyl/N-ethyl adjacent to an activating group) is 1. The van der Waals surface area contributed by atoms with Crippen LogP contribution in [0.15, 0.2) is 54.2 Å². The zero-order valence-corrected chi connectivity index (χ0v) is 20.5. The highest BCUT2D eigenvalue weighted by Gasteiger charge is 2.36. The van der Waals surface area contributed by atoms with E-state index in [-0.39, 0.29) is 19.2 Å². The maximum Gasteiger partial charge on any atom is 0.416 e. The van der Waals surface area contributed by atoms with Crippen molar-refractivity contribution in [3.63, 3.8) is 0 Å². The molecule has 0 atom stereocenters. The third kappa shape index (κ3) is 4.11. The fourth-order valence-corrected chi connectivity index (χ4v) is 4.72. The number of rotatable bonds is 4. The minimum absolute atomic E-state index is 0.161. The topological polar surface area (TPSA) is 46.9 Å². The number of halogens is 3. The summed E-state index contributed by atoms with van der Waals surface area (Å²) in [6.07, 6.45) is -2.72. The summed E-state index contributed by atoms with van der Waals surface area (Å²) in [5.74, 6) is 1.02. The Hall–Kier alpha value is -3.79. The Balaban J connectivity index is 1.45. The summed E-state index contributed by atoms with van der Waals surface area (Å²) >= 11 is 5.54. The number of carbonyl (C=O) groups excluding carboxylic acids is 1. The largest absolute Gasteiger partial charge is 0.454 e. The van der Waals surface area contributed by atoms with Crippen molar-refractivity contribution in [2.75, 3.05) is 13.8 Å². The van der Waals surface area contributed by atoms with Gasteiger partial charge in [0.05, 0.1) is 12.1 Å². The number of hydrogen-bond donors (Lipinski definition) is 0. The van der Waals surface area contributed by atoms with E-state index in [4.69, 9.17) is 21.7 Å². The minimum Gasteiger partial charge on any atom is -0.454 e. The van der Waals surface area contributed by atoms with Gasteiger partial charge in [-0.2, -0.15) is 13.2 Å². The number of aromatic nitrogens is 1. The number of ether oxygens (including phenoxy) is 2. The summed E-state index contributed by atoms with van der Waals surface area (Å²) in [7, 11) is 1.72. The maximum atomic E-state index is 13.3. The second-order valence-corrected chi connectivity index (χ2v) is 9.03. The molecule has 3 heterocycles. The molecule has 0 aliphatic carbocycles. The Labute approximate surface area is 211 Å². The van der Waals surface area contributed by atoms with Crippen LogP contribution in [0.4, 0.5) is 13.2 Å². The van der Waals surface area contributed by atoms with E-state index in [0.29, 0.717) is 39.3 Å². The quantitative estimate of drug-likeness (QED) is 0.344. The van der Waals surface area contributed by atoms with E-state index in [1.807, 2.05) is 32.0 Å². The van der Waals surface area contributed by atoms with Crippen molar-refractivity contribution in [3.8, 4) is 17.2 Å². The van der Waals surface area contributed by atoms with E-state index in [9.17, 15) is 18.0 Å². The smallest absolute Gasteiger partial charge is 0.416 e. The number of alkyl halides is 3. The van der Waals surface area contributed by atoms with Gasteiger partial charge in [-0.3, -0.25) is 9.69 Å². The molecule has 2 aliphatic rings. The first-order valence-electron chi connectivity index (χ1n) is 11.1. The van der Waals surface area contributed by atoms with E-state index < -0.39 is 11.7 Å². The Morgan fingerprint density at radius 3 is 2.56 bits per heavy atom. The molecule has 6 nitrogen and oxygen atoms in total. The average Bonchev–Trinajstić information content (AvgIpc) is 3.47. The monoisotopic (exact) mass is 513 g/mol. The molecular weight excluding hydrogens is 491 g/mol. The summed E-state index contributed by atoms with van der Waals surface area (Å²) in [5, 5.41) is 0.357. The van der Waals surface area contributed by atoms with Gasteiger partial charge in [-0.25, -0.2) is 0 Å². The van der Waals surface area contributed by atoms with Gasteiger partial charge in [-0.15, -0.1) is 0 Å². The van der Waals surface area contributed by atoms with Gasteiger partial charge in [0.2, 0.25) is 6.79 Å². The zero-order valence-electron chi connectivity index (χ0n) is 19.7. The van der Waals surface area contributed by atoms with Gasteiger partial charge in [0.1, 0.15) is 5.70 Å². The first-order valence-corrected chi connectivity index (χ1v) is 11.5. The predicted octanol–water partition coefficient (Wildman–Crippen LogP) is 5.44. The summed E-state index contributed by atoms with van der Waals surface area (Å²) < 4.78 is 52.3. The SMILES string of the molecule is Cc1cc(C=C2C(=O)N(Cc3ccc4c(c3)OCO4)C(=S)N2C)c(C)n1-c1cccc(C(F)(F)F)c1. The van der Waals surface area contributed by atoms with Gasteiger partial charge in [0.25, 0.3) is 5.91 Å². The van der Waals surface area contributed by atoms with Crippen LogP contribution in [0.2, 0.25) is 0 Å². The van der Waals surface area contributed by atoms with E-state index in [0.717, 1.165) is 23.4 Å². The number of thiocarbonyl (C=S) groups is 1. The first kappa shape index (κ1) is 23.9. The van der Waals surface area contributed by atoms with E-state index in [2.05, 4.69) is 0 Å². The number of carbonyl (C=O) groups is 1. The van der Waals surface area contributed by atoms with Crippen LogP contribution in [0.5, 0.6) is 11.5 Å².